The van der Waals surface area contributed by atoms with Gasteiger partial charge in [0.1, 0.15) is 18.0 Å². The topological polar surface area (TPSA) is 113 Å². The molecule has 1 aliphatic rings. The average Bonchev–Trinajstić information content (AvgIpc) is 3.20. The van der Waals surface area contributed by atoms with Crippen molar-refractivity contribution >= 4 is 28.4 Å². The Morgan fingerprint density at radius 3 is 2.70 bits per heavy atom. The molecule has 0 unspecified atom stereocenters. The maximum Gasteiger partial charge on any atom is 0.274 e. The summed E-state index contributed by atoms with van der Waals surface area (Å²) in [6, 6.07) is 8.61. The van der Waals surface area contributed by atoms with Crippen molar-refractivity contribution < 1.29 is 19.4 Å². The Kier molecular flexibility index (Phi) is 6.85. The number of methoxy groups -OCH3 is 1. The van der Waals surface area contributed by atoms with Gasteiger partial charge in [-0.25, -0.2) is 4.98 Å². The van der Waals surface area contributed by atoms with Crippen LogP contribution in [0.3, 0.4) is 0 Å². The van der Waals surface area contributed by atoms with E-state index in [-0.39, 0.29) is 30.7 Å². The van der Waals surface area contributed by atoms with Crippen molar-refractivity contribution in [1.82, 2.24) is 24.6 Å². The van der Waals surface area contributed by atoms with Gasteiger partial charge in [0, 0.05) is 62.6 Å². The number of pyridine rings is 1. The fourth-order valence-electron chi connectivity index (χ4n) is 3.79. The summed E-state index contributed by atoms with van der Waals surface area (Å²) < 4.78 is 7.07. The largest absolute Gasteiger partial charge is 0.494 e. The SMILES string of the molecule is COc1cc2nn(CC(=O)N3CCN(C)CC3)cc2cc1NC(=O)c1cccc(CCO)n1. The molecule has 1 aliphatic heterocycles. The molecule has 2 N–H and O–H groups in total. The highest BCUT2D eigenvalue weighted by molar-refractivity contribution is 6.05. The number of nitrogens with one attached hydrogen (secondary N) is 1. The summed E-state index contributed by atoms with van der Waals surface area (Å²) >= 11 is 0. The van der Waals surface area contributed by atoms with Crippen LogP contribution in [-0.2, 0) is 17.8 Å². The van der Waals surface area contributed by atoms with Gasteiger partial charge in [-0.3, -0.25) is 14.3 Å². The van der Waals surface area contributed by atoms with E-state index in [9.17, 15) is 9.59 Å². The van der Waals surface area contributed by atoms with Crippen LogP contribution in [-0.4, -0.2) is 88.4 Å². The minimum Gasteiger partial charge on any atom is -0.494 e. The second-order valence-corrected chi connectivity index (χ2v) is 8.06. The molecule has 2 aromatic heterocycles. The molecule has 2 amide bonds. The van der Waals surface area contributed by atoms with Gasteiger partial charge in [-0.05, 0) is 25.2 Å². The number of anilines is 1. The van der Waals surface area contributed by atoms with E-state index in [0.717, 1.165) is 18.5 Å². The lowest BCUT2D eigenvalue weighted by molar-refractivity contribution is -0.133. The number of carbonyl (C=O) groups is 2. The number of aromatic nitrogens is 3. The molecule has 0 bridgehead atoms. The Morgan fingerprint density at radius 2 is 1.97 bits per heavy atom. The number of hydrogen-bond donors (Lipinski definition) is 2. The van der Waals surface area contributed by atoms with Crippen LogP contribution in [0.15, 0.2) is 36.5 Å². The van der Waals surface area contributed by atoms with Gasteiger partial charge >= 0.3 is 0 Å². The molecule has 174 valence electrons. The third-order valence-electron chi connectivity index (χ3n) is 5.68. The summed E-state index contributed by atoms with van der Waals surface area (Å²) in [6.45, 7) is 3.28. The number of hydrogen-bond acceptors (Lipinski definition) is 7. The molecule has 0 spiro atoms. The summed E-state index contributed by atoms with van der Waals surface area (Å²) in [7, 11) is 3.57. The van der Waals surface area contributed by atoms with E-state index in [2.05, 4.69) is 20.3 Å². The highest BCUT2D eigenvalue weighted by Gasteiger charge is 2.20. The summed E-state index contributed by atoms with van der Waals surface area (Å²) in [4.78, 5) is 33.8. The lowest BCUT2D eigenvalue weighted by Crippen LogP contribution is -2.48. The van der Waals surface area contributed by atoms with E-state index < -0.39 is 0 Å². The number of likely N-dealkylation sites (N-methyl/N-ethyl adjacent to an activating group) is 1. The normalized spacial score (nSPS) is 14.5. The molecule has 0 aliphatic carbocycles. The molecule has 1 fully saturated rings. The van der Waals surface area contributed by atoms with Crippen LogP contribution in [0, 0.1) is 0 Å². The van der Waals surface area contributed by atoms with Crippen molar-refractivity contribution in [1.29, 1.82) is 0 Å². The van der Waals surface area contributed by atoms with E-state index in [1.54, 1.807) is 41.2 Å². The summed E-state index contributed by atoms with van der Waals surface area (Å²) in [5.41, 5.74) is 2.03. The molecule has 10 heteroatoms. The first kappa shape index (κ1) is 22.7. The Morgan fingerprint density at radius 1 is 1.18 bits per heavy atom. The number of amides is 2. The number of nitrogens with zero attached hydrogens (tertiary/aromatic N) is 5. The lowest BCUT2D eigenvalue weighted by atomic mass is 10.2. The number of rotatable bonds is 7. The minimum atomic E-state index is -0.384. The number of aliphatic hydroxyl groups is 1. The molecule has 33 heavy (non-hydrogen) atoms. The standard InChI is InChI=1S/C23H28N6O4/c1-27-7-9-28(10-8-27)22(31)15-29-14-16-12-20(21(33-2)13-19(16)26-29)25-23(32)18-5-3-4-17(24-18)6-11-30/h3-5,12-14,30H,6-11,15H2,1-2H3,(H,25,32). The first-order chi connectivity index (χ1) is 16.0. The van der Waals surface area contributed by atoms with Crippen molar-refractivity contribution in [2.75, 3.05) is 52.3 Å². The van der Waals surface area contributed by atoms with Gasteiger partial charge in [0.05, 0.1) is 18.3 Å². The molecular formula is C23H28N6O4. The van der Waals surface area contributed by atoms with Crippen LogP contribution >= 0.6 is 0 Å². The third-order valence-corrected chi connectivity index (χ3v) is 5.68. The lowest BCUT2D eigenvalue weighted by Gasteiger charge is -2.32. The molecule has 10 nitrogen and oxygen atoms in total. The highest BCUT2D eigenvalue weighted by atomic mass is 16.5. The van der Waals surface area contributed by atoms with Crippen molar-refractivity contribution in [2.24, 2.45) is 0 Å². The van der Waals surface area contributed by atoms with Gasteiger partial charge in [-0.2, -0.15) is 5.10 Å². The Hall–Kier alpha value is -3.50. The van der Waals surface area contributed by atoms with E-state index in [1.807, 2.05) is 11.9 Å². The molecule has 0 atom stereocenters. The number of ether oxygens (including phenoxy) is 1. The zero-order valence-corrected chi connectivity index (χ0v) is 18.8. The van der Waals surface area contributed by atoms with Crippen LogP contribution in [0.25, 0.3) is 10.9 Å². The molecule has 3 aromatic rings. The van der Waals surface area contributed by atoms with Crippen molar-refractivity contribution in [2.45, 2.75) is 13.0 Å². The zero-order chi connectivity index (χ0) is 23.4. The smallest absolute Gasteiger partial charge is 0.274 e. The van der Waals surface area contributed by atoms with E-state index >= 15 is 0 Å². The summed E-state index contributed by atoms with van der Waals surface area (Å²) in [6.07, 6.45) is 2.17. The minimum absolute atomic E-state index is 0.0326. The quantitative estimate of drug-likeness (QED) is 0.550. The monoisotopic (exact) mass is 452 g/mol. The van der Waals surface area contributed by atoms with Crippen LogP contribution in [0.5, 0.6) is 5.75 Å². The molecule has 1 aromatic carbocycles. The Bertz CT molecular complexity index is 1150. The van der Waals surface area contributed by atoms with Gasteiger partial charge in [0.25, 0.3) is 5.91 Å². The van der Waals surface area contributed by atoms with E-state index in [1.165, 1.54) is 7.11 Å². The molecular weight excluding hydrogens is 424 g/mol. The number of benzene rings is 1. The summed E-state index contributed by atoms with van der Waals surface area (Å²) in [5.74, 6) is 0.105. The van der Waals surface area contributed by atoms with E-state index in [0.29, 0.717) is 42.2 Å². The number of carbonyl (C=O) groups excluding carboxylic acids is 2. The maximum atomic E-state index is 12.8. The van der Waals surface area contributed by atoms with Gasteiger partial charge in [0.2, 0.25) is 5.91 Å². The second kappa shape index (κ2) is 9.97. The molecule has 1 saturated heterocycles. The fraction of sp³-hybridized carbons (Fsp3) is 0.391. The predicted molar refractivity (Wildman–Crippen MR) is 123 cm³/mol. The second-order valence-electron chi connectivity index (χ2n) is 8.06. The van der Waals surface area contributed by atoms with Crippen molar-refractivity contribution in [3.63, 3.8) is 0 Å². The number of piperazine rings is 1. The fourth-order valence-corrected chi connectivity index (χ4v) is 3.79. The van der Waals surface area contributed by atoms with Crippen molar-refractivity contribution in [3.05, 3.63) is 47.9 Å². The Labute approximate surface area is 191 Å². The average molecular weight is 453 g/mol. The van der Waals surface area contributed by atoms with Crippen LogP contribution in [0.4, 0.5) is 5.69 Å². The number of fused-ring (bicyclic) bond motifs is 1. The van der Waals surface area contributed by atoms with Gasteiger partial charge in [0.15, 0.2) is 0 Å². The molecule has 0 radical (unpaired) electrons. The van der Waals surface area contributed by atoms with Crippen LogP contribution in [0.1, 0.15) is 16.2 Å². The first-order valence-corrected chi connectivity index (χ1v) is 10.9. The first-order valence-electron chi connectivity index (χ1n) is 10.9. The third kappa shape index (κ3) is 5.29. The van der Waals surface area contributed by atoms with Crippen molar-refractivity contribution in [3.8, 4) is 5.75 Å². The molecule has 4 rings (SSSR count). The summed E-state index contributed by atoms with van der Waals surface area (Å²) in [5, 5.41) is 17.2. The van der Waals surface area contributed by atoms with Crippen LogP contribution in [0.2, 0.25) is 0 Å². The Balaban J connectivity index is 1.51. The van der Waals surface area contributed by atoms with Crippen LogP contribution < -0.4 is 10.1 Å². The number of aliphatic hydroxyl groups excluding tert-OH is 1. The molecule has 0 saturated carbocycles. The van der Waals surface area contributed by atoms with Gasteiger partial charge in [-0.15, -0.1) is 0 Å². The maximum absolute atomic E-state index is 12.8. The highest BCUT2D eigenvalue weighted by Crippen LogP contribution is 2.30. The zero-order valence-electron chi connectivity index (χ0n) is 18.8. The molecule has 3 heterocycles. The van der Waals surface area contributed by atoms with Gasteiger partial charge < -0.3 is 25.0 Å². The van der Waals surface area contributed by atoms with Gasteiger partial charge in [-0.1, -0.05) is 6.07 Å². The van der Waals surface area contributed by atoms with E-state index in [4.69, 9.17) is 9.84 Å². The predicted octanol–water partition coefficient (Wildman–Crippen LogP) is 1.00.